The van der Waals surface area contributed by atoms with Crippen molar-refractivity contribution >= 4 is 11.7 Å². The maximum Gasteiger partial charge on any atom is 0.196 e. The van der Waals surface area contributed by atoms with Gasteiger partial charge < -0.3 is 9.32 Å². The highest BCUT2D eigenvalue weighted by Gasteiger charge is 2.10. The molecule has 0 N–H and O–H groups in total. The summed E-state index contributed by atoms with van der Waals surface area (Å²) in [6, 6.07) is 13.0. The molecule has 0 aliphatic carbocycles. The Labute approximate surface area is 111 Å². The first-order chi connectivity index (χ1) is 9.10. The van der Waals surface area contributed by atoms with E-state index in [1.54, 1.807) is 18.2 Å². The van der Waals surface area contributed by atoms with E-state index in [0.29, 0.717) is 23.8 Å². The Morgan fingerprint density at radius 1 is 1.37 bits per heavy atom. The van der Waals surface area contributed by atoms with Crippen LogP contribution in [0, 0.1) is 11.3 Å². The number of benzene rings is 1. The molecule has 1 aromatic heterocycles. The van der Waals surface area contributed by atoms with E-state index in [0.717, 1.165) is 5.56 Å². The smallest absolute Gasteiger partial charge is 0.196 e. The van der Waals surface area contributed by atoms with E-state index in [4.69, 9.17) is 9.68 Å². The van der Waals surface area contributed by atoms with Crippen LogP contribution in [0.15, 0.2) is 40.8 Å². The van der Waals surface area contributed by atoms with E-state index in [2.05, 4.69) is 6.07 Å². The molecule has 0 radical (unpaired) electrons. The lowest BCUT2D eigenvalue weighted by Crippen LogP contribution is -2.15. The van der Waals surface area contributed by atoms with Crippen molar-refractivity contribution in [3.05, 3.63) is 53.3 Å². The Morgan fingerprint density at radius 2 is 2.16 bits per heavy atom. The molecule has 1 heterocycles. The van der Waals surface area contributed by atoms with Crippen LogP contribution in [-0.2, 0) is 6.54 Å². The van der Waals surface area contributed by atoms with Crippen LogP contribution in [0.2, 0.25) is 0 Å². The number of hydrogen-bond acceptors (Lipinski definition) is 4. The van der Waals surface area contributed by atoms with Gasteiger partial charge in [0.05, 0.1) is 11.6 Å². The van der Waals surface area contributed by atoms with E-state index >= 15 is 0 Å². The zero-order valence-electron chi connectivity index (χ0n) is 10.9. The molecule has 4 nitrogen and oxygen atoms in total. The zero-order valence-corrected chi connectivity index (χ0v) is 10.9. The third kappa shape index (κ3) is 3.02. The molecule has 0 atom stereocenters. The van der Waals surface area contributed by atoms with Crippen LogP contribution in [0.25, 0.3) is 0 Å². The second kappa shape index (κ2) is 5.40. The maximum atomic E-state index is 11.2. The standard InChI is InChI=1S/C15H14N2O2/c1-11(18)14-6-7-15(19-14)17(2)10-13-5-3-4-12(8-13)9-16/h3-8H,10H2,1-2H3. The summed E-state index contributed by atoms with van der Waals surface area (Å²) in [5, 5.41) is 8.86. The van der Waals surface area contributed by atoms with Crippen molar-refractivity contribution in [2.75, 3.05) is 11.9 Å². The lowest BCUT2D eigenvalue weighted by molar-refractivity contribution is 0.0988. The molecular weight excluding hydrogens is 240 g/mol. The topological polar surface area (TPSA) is 57.2 Å². The van der Waals surface area contributed by atoms with Gasteiger partial charge >= 0.3 is 0 Å². The number of ketones is 1. The Bertz CT molecular complexity index is 638. The molecule has 0 saturated carbocycles. The summed E-state index contributed by atoms with van der Waals surface area (Å²) in [4.78, 5) is 13.1. The average Bonchev–Trinajstić information content (AvgIpc) is 2.89. The van der Waals surface area contributed by atoms with Crippen molar-refractivity contribution in [3.8, 4) is 6.07 Å². The van der Waals surface area contributed by atoms with Gasteiger partial charge in [-0.3, -0.25) is 4.79 Å². The predicted octanol–water partition coefficient (Wildman–Crippen LogP) is 2.99. The summed E-state index contributed by atoms with van der Waals surface area (Å²) in [7, 11) is 1.88. The van der Waals surface area contributed by atoms with Gasteiger partial charge in [0.2, 0.25) is 0 Å². The number of furan rings is 1. The number of hydrogen-bond donors (Lipinski definition) is 0. The largest absolute Gasteiger partial charge is 0.437 e. The third-order valence-corrected chi connectivity index (χ3v) is 2.79. The van der Waals surface area contributed by atoms with Crippen molar-refractivity contribution in [2.45, 2.75) is 13.5 Å². The molecule has 0 amide bonds. The Kier molecular flexibility index (Phi) is 3.67. The Balaban J connectivity index is 2.13. The summed E-state index contributed by atoms with van der Waals surface area (Å²) in [6.45, 7) is 2.08. The molecule has 0 unspecified atom stereocenters. The molecular formula is C15H14N2O2. The monoisotopic (exact) mass is 254 g/mol. The molecule has 0 aliphatic heterocycles. The van der Waals surface area contributed by atoms with Crippen molar-refractivity contribution in [1.82, 2.24) is 0 Å². The van der Waals surface area contributed by atoms with Crippen LogP contribution in [0.5, 0.6) is 0 Å². The first kappa shape index (κ1) is 12.9. The quantitative estimate of drug-likeness (QED) is 0.787. The van der Waals surface area contributed by atoms with E-state index in [1.165, 1.54) is 6.92 Å². The van der Waals surface area contributed by atoms with E-state index < -0.39 is 0 Å². The minimum absolute atomic E-state index is 0.0915. The van der Waals surface area contributed by atoms with Crippen LogP contribution in [-0.4, -0.2) is 12.8 Å². The minimum atomic E-state index is -0.0915. The lowest BCUT2D eigenvalue weighted by Gasteiger charge is -2.15. The van der Waals surface area contributed by atoms with E-state index in [9.17, 15) is 4.79 Å². The number of anilines is 1. The number of carbonyl (C=O) groups excluding carboxylic acids is 1. The Morgan fingerprint density at radius 3 is 2.79 bits per heavy atom. The number of rotatable bonds is 4. The first-order valence-electron chi connectivity index (χ1n) is 5.91. The molecule has 0 aliphatic rings. The molecule has 2 rings (SSSR count). The molecule has 4 heteroatoms. The lowest BCUT2D eigenvalue weighted by atomic mass is 10.1. The van der Waals surface area contributed by atoms with Gasteiger partial charge in [0.25, 0.3) is 0 Å². The van der Waals surface area contributed by atoms with Gasteiger partial charge in [0.15, 0.2) is 17.4 Å². The fourth-order valence-corrected chi connectivity index (χ4v) is 1.81. The van der Waals surface area contributed by atoms with Crippen molar-refractivity contribution < 1.29 is 9.21 Å². The van der Waals surface area contributed by atoms with E-state index in [-0.39, 0.29) is 5.78 Å². The highest BCUT2D eigenvalue weighted by atomic mass is 16.4. The highest BCUT2D eigenvalue weighted by molar-refractivity contribution is 5.91. The maximum absolute atomic E-state index is 11.2. The van der Waals surface area contributed by atoms with Gasteiger partial charge in [0, 0.05) is 26.6 Å². The zero-order chi connectivity index (χ0) is 13.8. The molecule has 2 aromatic rings. The van der Waals surface area contributed by atoms with Crippen molar-refractivity contribution in [1.29, 1.82) is 5.26 Å². The first-order valence-corrected chi connectivity index (χ1v) is 5.91. The van der Waals surface area contributed by atoms with Crippen LogP contribution in [0.3, 0.4) is 0 Å². The van der Waals surface area contributed by atoms with Crippen molar-refractivity contribution in [2.24, 2.45) is 0 Å². The number of nitrogens with zero attached hydrogens (tertiary/aromatic N) is 2. The van der Waals surface area contributed by atoms with Gasteiger partial charge in [0.1, 0.15) is 0 Å². The summed E-state index contributed by atoms with van der Waals surface area (Å²) < 4.78 is 5.45. The Hall–Kier alpha value is -2.54. The van der Waals surface area contributed by atoms with Crippen LogP contribution in [0.4, 0.5) is 5.88 Å². The summed E-state index contributed by atoms with van der Waals surface area (Å²) in [5.74, 6) is 0.895. The molecule has 19 heavy (non-hydrogen) atoms. The minimum Gasteiger partial charge on any atom is -0.437 e. The fraction of sp³-hybridized carbons (Fsp3) is 0.200. The van der Waals surface area contributed by atoms with Gasteiger partial charge in [-0.05, 0) is 23.8 Å². The molecule has 96 valence electrons. The third-order valence-electron chi connectivity index (χ3n) is 2.79. The summed E-state index contributed by atoms with van der Waals surface area (Å²) >= 11 is 0. The molecule has 0 saturated heterocycles. The van der Waals surface area contributed by atoms with Crippen LogP contribution in [0.1, 0.15) is 28.6 Å². The van der Waals surface area contributed by atoms with Gasteiger partial charge in [-0.25, -0.2) is 0 Å². The SMILES string of the molecule is CC(=O)c1ccc(N(C)Cc2cccc(C#N)c2)o1. The molecule has 0 spiro atoms. The second-order valence-electron chi connectivity index (χ2n) is 4.36. The number of Topliss-reactive ketones (excluding diaryl/α,β-unsaturated/α-hetero) is 1. The summed E-state index contributed by atoms with van der Waals surface area (Å²) in [5.41, 5.74) is 1.65. The average molecular weight is 254 g/mol. The predicted molar refractivity (Wildman–Crippen MR) is 72.0 cm³/mol. The van der Waals surface area contributed by atoms with Gasteiger partial charge in [-0.15, -0.1) is 0 Å². The van der Waals surface area contributed by atoms with Crippen LogP contribution >= 0.6 is 0 Å². The molecule has 1 aromatic carbocycles. The van der Waals surface area contributed by atoms with Crippen molar-refractivity contribution in [3.63, 3.8) is 0 Å². The number of carbonyl (C=O) groups is 1. The van der Waals surface area contributed by atoms with Gasteiger partial charge in [-0.1, -0.05) is 12.1 Å². The van der Waals surface area contributed by atoms with Gasteiger partial charge in [-0.2, -0.15) is 5.26 Å². The normalized spacial score (nSPS) is 9.95. The highest BCUT2D eigenvalue weighted by Crippen LogP contribution is 2.19. The summed E-state index contributed by atoms with van der Waals surface area (Å²) in [6.07, 6.45) is 0. The number of nitriles is 1. The van der Waals surface area contributed by atoms with E-state index in [1.807, 2.05) is 30.1 Å². The molecule has 0 fully saturated rings. The van der Waals surface area contributed by atoms with Crippen LogP contribution < -0.4 is 4.90 Å². The fourth-order valence-electron chi connectivity index (χ4n) is 1.81. The second-order valence-corrected chi connectivity index (χ2v) is 4.36. The molecule has 0 bridgehead atoms.